The molecule has 4 heteroatoms. The first-order valence-corrected chi connectivity index (χ1v) is 7.04. The van der Waals surface area contributed by atoms with Crippen LogP contribution in [0.25, 0.3) is 0 Å². The maximum Gasteiger partial charge on any atom is 0.123 e. The monoisotopic (exact) mass is 288 g/mol. The molecule has 3 nitrogen and oxygen atoms in total. The SMILES string of the molecule is CCN(Cc1cc(CN)ccc1OC)c1ccc(F)cc1. The zero-order valence-electron chi connectivity index (χ0n) is 12.5. The van der Waals surface area contributed by atoms with Crippen LogP contribution in [0, 0.1) is 5.82 Å². The third-order valence-corrected chi connectivity index (χ3v) is 3.52. The Balaban J connectivity index is 2.27. The molecule has 0 heterocycles. The summed E-state index contributed by atoms with van der Waals surface area (Å²) in [6.07, 6.45) is 0. The fraction of sp³-hybridized carbons (Fsp3) is 0.294. The van der Waals surface area contributed by atoms with Crippen LogP contribution in [0.1, 0.15) is 18.1 Å². The van der Waals surface area contributed by atoms with E-state index in [0.717, 1.165) is 29.1 Å². The van der Waals surface area contributed by atoms with Gasteiger partial charge < -0.3 is 15.4 Å². The summed E-state index contributed by atoms with van der Waals surface area (Å²) >= 11 is 0. The molecule has 0 atom stereocenters. The number of nitrogens with two attached hydrogens (primary N) is 1. The number of anilines is 1. The van der Waals surface area contributed by atoms with E-state index in [1.807, 2.05) is 12.1 Å². The third-order valence-electron chi connectivity index (χ3n) is 3.52. The largest absolute Gasteiger partial charge is 0.496 e. The number of rotatable bonds is 6. The predicted octanol–water partition coefficient (Wildman–Crippen LogP) is 3.32. The lowest BCUT2D eigenvalue weighted by molar-refractivity contribution is 0.409. The van der Waals surface area contributed by atoms with E-state index >= 15 is 0 Å². The summed E-state index contributed by atoms with van der Waals surface area (Å²) in [6.45, 7) is 4.09. The van der Waals surface area contributed by atoms with Gasteiger partial charge in [0.15, 0.2) is 0 Å². The summed E-state index contributed by atoms with van der Waals surface area (Å²) in [6, 6.07) is 12.5. The van der Waals surface area contributed by atoms with E-state index in [1.165, 1.54) is 12.1 Å². The second-order valence-electron chi connectivity index (χ2n) is 4.84. The van der Waals surface area contributed by atoms with Crippen molar-refractivity contribution < 1.29 is 9.13 Å². The lowest BCUT2D eigenvalue weighted by Crippen LogP contribution is -2.22. The molecule has 0 aliphatic heterocycles. The molecule has 2 rings (SSSR count). The van der Waals surface area contributed by atoms with E-state index in [2.05, 4.69) is 17.9 Å². The molecule has 0 spiro atoms. The van der Waals surface area contributed by atoms with Crippen LogP contribution in [-0.2, 0) is 13.1 Å². The Bertz CT molecular complexity index is 584. The molecule has 2 N–H and O–H groups in total. The van der Waals surface area contributed by atoms with E-state index in [1.54, 1.807) is 19.2 Å². The second kappa shape index (κ2) is 7.09. The molecule has 0 bridgehead atoms. The average Bonchev–Trinajstić information content (AvgIpc) is 2.53. The topological polar surface area (TPSA) is 38.5 Å². The zero-order chi connectivity index (χ0) is 15.2. The van der Waals surface area contributed by atoms with Crippen molar-refractivity contribution in [2.24, 2.45) is 5.73 Å². The van der Waals surface area contributed by atoms with Crippen LogP contribution in [0.4, 0.5) is 10.1 Å². The van der Waals surface area contributed by atoms with Gasteiger partial charge in [0, 0.05) is 30.9 Å². The molecule has 0 aromatic heterocycles. The van der Waals surface area contributed by atoms with Crippen molar-refractivity contribution in [2.75, 3.05) is 18.6 Å². The van der Waals surface area contributed by atoms with Gasteiger partial charge >= 0.3 is 0 Å². The van der Waals surface area contributed by atoms with Crippen molar-refractivity contribution in [3.05, 3.63) is 59.4 Å². The van der Waals surface area contributed by atoms with Gasteiger partial charge in [-0.1, -0.05) is 6.07 Å². The molecule has 2 aromatic carbocycles. The number of nitrogens with zero attached hydrogens (tertiary/aromatic N) is 1. The summed E-state index contributed by atoms with van der Waals surface area (Å²) in [7, 11) is 1.66. The quantitative estimate of drug-likeness (QED) is 0.886. The molecule has 112 valence electrons. The minimum atomic E-state index is -0.225. The average molecular weight is 288 g/mol. The van der Waals surface area contributed by atoms with Crippen LogP contribution in [0.5, 0.6) is 5.75 Å². The summed E-state index contributed by atoms with van der Waals surface area (Å²) in [5.74, 6) is 0.616. The Morgan fingerprint density at radius 1 is 1.14 bits per heavy atom. The Labute approximate surface area is 125 Å². The molecular weight excluding hydrogens is 267 g/mol. The van der Waals surface area contributed by atoms with E-state index in [9.17, 15) is 4.39 Å². The smallest absolute Gasteiger partial charge is 0.123 e. The first-order chi connectivity index (χ1) is 10.2. The lowest BCUT2D eigenvalue weighted by Gasteiger charge is -2.24. The number of ether oxygens (including phenoxy) is 1. The molecule has 0 aliphatic rings. The number of hydrogen-bond donors (Lipinski definition) is 1. The molecule has 0 amide bonds. The molecule has 2 aromatic rings. The Morgan fingerprint density at radius 2 is 1.86 bits per heavy atom. The van der Waals surface area contributed by atoms with Gasteiger partial charge in [0.2, 0.25) is 0 Å². The molecule has 0 saturated carbocycles. The number of methoxy groups -OCH3 is 1. The van der Waals surface area contributed by atoms with Crippen LogP contribution < -0.4 is 15.4 Å². The standard InChI is InChI=1S/C17H21FN2O/c1-3-20(16-7-5-15(18)6-8-16)12-14-10-13(11-19)4-9-17(14)21-2/h4-10H,3,11-12,19H2,1-2H3. The molecule has 21 heavy (non-hydrogen) atoms. The highest BCUT2D eigenvalue weighted by atomic mass is 19.1. The summed E-state index contributed by atoms with van der Waals surface area (Å²) < 4.78 is 18.5. The van der Waals surface area contributed by atoms with Crippen LogP contribution in [0.3, 0.4) is 0 Å². The van der Waals surface area contributed by atoms with Gasteiger partial charge in [0.05, 0.1) is 7.11 Å². The first-order valence-electron chi connectivity index (χ1n) is 7.04. The van der Waals surface area contributed by atoms with Crippen molar-refractivity contribution in [1.29, 1.82) is 0 Å². The van der Waals surface area contributed by atoms with Crippen molar-refractivity contribution in [3.8, 4) is 5.75 Å². The Morgan fingerprint density at radius 3 is 2.43 bits per heavy atom. The maximum atomic E-state index is 13.0. The van der Waals surface area contributed by atoms with Crippen molar-refractivity contribution >= 4 is 5.69 Å². The van der Waals surface area contributed by atoms with Gasteiger partial charge in [0.1, 0.15) is 11.6 Å². The number of benzene rings is 2. The van der Waals surface area contributed by atoms with Gasteiger partial charge in [-0.2, -0.15) is 0 Å². The highest BCUT2D eigenvalue weighted by Crippen LogP contribution is 2.24. The highest BCUT2D eigenvalue weighted by Gasteiger charge is 2.10. The highest BCUT2D eigenvalue weighted by molar-refractivity contribution is 5.48. The van der Waals surface area contributed by atoms with Gasteiger partial charge in [-0.05, 0) is 48.9 Å². The fourth-order valence-electron chi connectivity index (χ4n) is 2.33. The second-order valence-corrected chi connectivity index (χ2v) is 4.84. The summed E-state index contributed by atoms with van der Waals surface area (Å²) in [4.78, 5) is 2.16. The van der Waals surface area contributed by atoms with Crippen molar-refractivity contribution in [2.45, 2.75) is 20.0 Å². The van der Waals surface area contributed by atoms with Gasteiger partial charge in [-0.3, -0.25) is 0 Å². The zero-order valence-corrected chi connectivity index (χ0v) is 12.5. The van der Waals surface area contributed by atoms with Gasteiger partial charge in [-0.15, -0.1) is 0 Å². The molecular formula is C17H21FN2O. The Hall–Kier alpha value is -2.07. The molecule has 0 aliphatic carbocycles. The first kappa shape index (κ1) is 15.3. The number of halogens is 1. The summed E-state index contributed by atoms with van der Waals surface area (Å²) in [5.41, 5.74) is 8.84. The minimum Gasteiger partial charge on any atom is -0.496 e. The molecule has 0 fully saturated rings. The molecule has 0 unspecified atom stereocenters. The van der Waals surface area contributed by atoms with E-state index in [4.69, 9.17) is 10.5 Å². The molecule has 0 radical (unpaired) electrons. The van der Waals surface area contributed by atoms with Crippen molar-refractivity contribution in [3.63, 3.8) is 0 Å². The van der Waals surface area contributed by atoms with Crippen LogP contribution in [0.2, 0.25) is 0 Å². The fourth-order valence-corrected chi connectivity index (χ4v) is 2.33. The van der Waals surface area contributed by atoms with Crippen molar-refractivity contribution in [1.82, 2.24) is 0 Å². The van der Waals surface area contributed by atoms with Gasteiger partial charge in [-0.25, -0.2) is 4.39 Å². The van der Waals surface area contributed by atoms with E-state index < -0.39 is 0 Å². The van der Waals surface area contributed by atoms with Crippen LogP contribution >= 0.6 is 0 Å². The normalized spacial score (nSPS) is 10.5. The van der Waals surface area contributed by atoms with E-state index in [0.29, 0.717) is 13.1 Å². The lowest BCUT2D eigenvalue weighted by atomic mass is 10.1. The summed E-state index contributed by atoms with van der Waals surface area (Å²) in [5, 5.41) is 0. The third kappa shape index (κ3) is 3.73. The van der Waals surface area contributed by atoms with Crippen LogP contribution in [0.15, 0.2) is 42.5 Å². The maximum absolute atomic E-state index is 13.0. The predicted molar refractivity (Wildman–Crippen MR) is 84.0 cm³/mol. The van der Waals surface area contributed by atoms with Gasteiger partial charge in [0.25, 0.3) is 0 Å². The molecule has 0 saturated heterocycles. The number of hydrogen-bond acceptors (Lipinski definition) is 3. The van der Waals surface area contributed by atoms with Crippen LogP contribution in [-0.4, -0.2) is 13.7 Å². The van der Waals surface area contributed by atoms with E-state index in [-0.39, 0.29) is 5.82 Å². The Kier molecular flexibility index (Phi) is 5.17. The minimum absolute atomic E-state index is 0.225.